The number of rotatable bonds is 1. The highest BCUT2D eigenvalue weighted by Crippen LogP contribution is 2.14. The molecule has 0 bridgehead atoms. The van der Waals surface area contributed by atoms with Gasteiger partial charge in [-0.2, -0.15) is 0 Å². The molecule has 12 heavy (non-hydrogen) atoms. The fourth-order valence-corrected chi connectivity index (χ4v) is 1.49. The molecule has 0 aromatic carbocycles. The maximum atomic E-state index is 11.2. The molecule has 1 heterocycles. The number of hydrogen-bond donors (Lipinski definition) is 1. The van der Waals surface area contributed by atoms with E-state index < -0.39 is 0 Å². The largest absolute Gasteiger partial charge is 0.339 e. The number of likely N-dealkylation sites (tertiary alicyclic amines) is 1. The smallest absolute Gasteiger partial charge is 0.245 e. The first-order valence-electron chi connectivity index (χ1n) is 4.32. The van der Waals surface area contributed by atoms with Gasteiger partial charge in [0.15, 0.2) is 0 Å². The van der Waals surface area contributed by atoms with Crippen LogP contribution in [0.15, 0.2) is 12.7 Å². The Labute approximate surface area is 73.2 Å². The van der Waals surface area contributed by atoms with Crippen LogP contribution in [-0.4, -0.2) is 29.9 Å². The molecule has 2 atom stereocenters. The number of nitrogens with zero attached hydrogens (tertiary/aromatic N) is 1. The molecule has 1 aliphatic rings. The lowest BCUT2D eigenvalue weighted by Gasteiger charge is -2.34. The molecule has 0 aromatic heterocycles. The predicted molar refractivity (Wildman–Crippen MR) is 48.5 cm³/mol. The van der Waals surface area contributed by atoms with Gasteiger partial charge in [-0.3, -0.25) is 4.79 Å². The van der Waals surface area contributed by atoms with E-state index in [1.807, 2.05) is 0 Å². The van der Waals surface area contributed by atoms with Crippen LogP contribution in [0, 0.1) is 5.92 Å². The zero-order chi connectivity index (χ0) is 9.14. The quantitative estimate of drug-likeness (QED) is 0.575. The van der Waals surface area contributed by atoms with Crippen molar-refractivity contribution in [3.05, 3.63) is 12.7 Å². The summed E-state index contributed by atoms with van der Waals surface area (Å²) in [6, 6.07) is 0.249. The van der Waals surface area contributed by atoms with Crippen LogP contribution in [0.2, 0.25) is 0 Å². The molecule has 1 saturated heterocycles. The normalized spacial score (nSPS) is 30.0. The third-order valence-electron chi connectivity index (χ3n) is 2.46. The number of hydrogen-bond acceptors (Lipinski definition) is 2. The molecule has 3 nitrogen and oxygen atoms in total. The third-order valence-corrected chi connectivity index (χ3v) is 2.46. The Hall–Kier alpha value is -0.830. The van der Waals surface area contributed by atoms with Gasteiger partial charge in [0.05, 0.1) is 0 Å². The van der Waals surface area contributed by atoms with Crippen molar-refractivity contribution in [3.63, 3.8) is 0 Å². The Kier molecular flexibility index (Phi) is 2.87. The molecule has 2 N–H and O–H groups in total. The Morgan fingerprint density at radius 3 is 2.92 bits per heavy atom. The first-order valence-corrected chi connectivity index (χ1v) is 4.32. The topological polar surface area (TPSA) is 46.3 Å². The van der Waals surface area contributed by atoms with E-state index in [0.717, 1.165) is 19.5 Å². The van der Waals surface area contributed by atoms with Gasteiger partial charge in [-0.05, 0) is 18.4 Å². The van der Waals surface area contributed by atoms with Crippen LogP contribution < -0.4 is 5.73 Å². The van der Waals surface area contributed by atoms with Gasteiger partial charge in [-0.1, -0.05) is 13.5 Å². The van der Waals surface area contributed by atoms with Crippen LogP contribution in [0.3, 0.4) is 0 Å². The van der Waals surface area contributed by atoms with Crippen LogP contribution in [0.4, 0.5) is 0 Å². The van der Waals surface area contributed by atoms with Gasteiger partial charge in [-0.25, -0.2) is 0 Å². The van der Waals surface area contributed by atoms with Gasteiger partial charge in [0.25, 0.3) is 0 Å². The highest BCUT2D eigenvalue weighted by atomic mass is 16.2. The third kappa shape index (κ3) is 1.85. The SMILES string of the molecule is C=CC(=O)N1CCC(N)C(C)C1. The first-order chi connectivity index (χ1) is 5.65. The summed E-state index contributed by atoms with van der Waals surface area (Å²) in [4.78, 5) is 13.0. The van der Waals surface area contributed by atoms with E-state index in [-0.39, 0.29) is 11.9 Å². The van der Waals surface area contributed by atoms with Crippen LogP contribution in [0.1, 0.15) is 13.3 Å². The number of amides is 1. The number of carbonyl (C=O) groups excluding carboxylic acids is 1. The molecule has 1 aliphatic heterocycles. The highest BCUT2D eigenvalue weighted by Gasteiger charge is 2.24. The van der Waals surface area contributed by atoms with E-state index in [0.29, 0.717) is 5.92 Å². The summed E-state index contributed by atoms with van der Waals surface area (Å²) < 4.78 is 0. The van der Waals surface area contributed by atoms with Crippen LogP contribution in [0.25, 0.3) is 0 Å². The average molecular weight is 168 g/mol. The summed E-state index contributed by atoms with van der Waals surface area (Å²) in [5.74, 6) is 0.427. The van der Waals surface area contributed by atoms with Crippen molar-refractivity contribution in [2.75, 3.05) is 13.1 Å². The molecule has 2 unspecified atom stereocenters. The second kappa shape index (κ2) is 3.72. The zero-order valence-electron chi connectivity index (χ0n) is 7.49. The summed E-state index contributed by atoms with van der Waals surface area (Å²) in [5.41, 5.74) is 5.82. The van der Waals surface area contributed by atoms with Gasteiger partial charge >= 0.3 is 0 Å². The van der Waals surface area contributed by atoms with E-state index in [1.54, 1.807) is 4.90 Å². The summed E-state index contributed by atoms with van der Waals surface area (Å²) >= 11 is 0. The lowest BCUT2D eigenvalue weighted by molar-refractivity contribution is -0.127. The van der Waals surface area contributed by atoms with E-state index in [2.05, 4.69) is 13.5 Å². The molecule has 0 spiro atoms. The maximum Gasteiger partial charge on any atom is 0.245 e. The molecule has 0 radical (unpaired) electrons. The Morgan fingerprint density at radius 1 is 1.75 bits per heavy atom. The molecule has 1 fully saturated rings. The van der Waals surface area contributed by atoms with Crippen molar-refractivity contribution < 1.29 is 4.79 Å². The second-order valence-corrected chi connectivity index (χ2v) is 3.42. The fourth-order valence-electron chi connectivity index (χ4n) is 1.49. The number of piperidine rings is 1. The van der Waals surface area contributed by atoms with Crippen LogP contribution in [-0.2, 0) is 4.79 Å². The van der Waals surface area contributed by atoms with Gasteiger partial charge in [0, 0.05) is 19.1 Å². The zero-order valence-corrected chi connectivity index (χ0v) is 7.49. The highest BCUT2D eigenvalue weighted by molar-refractivity contribution is 5.87. The Balaban J connectivity index is 2.50. The lowest BCUT2D eigenvalue weighted by atomic mass is 9.95. The molecule has 0 saturated carbocycles. The molecule has 1 rings (SSSR count). The minimum Gasteiger partial charge on any atom is -0.339 e. The predicted octanol–water partition coefficient (Wildman–Crippen LogP) is 0.368. The molecule has 1 amide bonds. The van der Waals surface area contributed by atoms with Crippen LogP contribution >= 0.6 is 0 Å². The molecule has 0 aromatic rings. The van der Waals surface area contributed by atoms with Gasteiger partial charge in [0.2, 0.25) is 5.91 Å². The second-order valence-electron chi connectivity index (χ2n) is 3.42. The maximum absolute atomic E-state index is 11.2. The summed E-state index contributed by atoms with van der Waals surface area (Å²) in [6.45, 7) is 7.08. The Morgan fingerprint density at radius 2 is 2.42 bits per heavy atom. The van der Waals surface area contributed by atoms with Crippen molar-refractivity contribution in [1.82, 2.24) is 4.90 Å². The number of nitrogens with two attached hydrogens (primary N) is 1. The molecular formula is C9H16N2O. The monoisotopic (exact) mass is 168 g/mol. The minimum absolute atomic E-state index is 0.0220. The average Bonchev–Trinajstić information content (AvgIpc) is 2.08. The molecule has 3 heteroatoms. The van der Waals surface area contributed by atoms with E-state index in [9.17, 15) is 4.79 Å². The standard InChI is InChI=1S/C9H16N2O/c1-3-9(12)11-5-4-8(10)7(2)6-11/h3,7-8H,1,4-6,10H2,2H3. The van der Waals surface area contributed by atoms with Crippen molar-refractivity contribution in [1.29, 1.82) is 0 Å². The van der Waals surface area contributed by atoms with E-state index in [1.165, 1.54) is 6.08 Å². The van der Waals surface area contributed by atoms with Gasteiger partial charge in [-0.15, -0.1) is 0 Å². The van der Waals surface area contributed by atoms with E-state index >= 15 is 0 Å². The van der Waals surface area contributed by atoms with E-state index in [4.69, 9.17) is 5.73 Å². The van der Waals surface area contributed by atoms with Crippen molar-refractivity contribution >= 4 is 5.91 Å². The summed E-state index contributed by atoms with van der Waals surface area (Å²) in [7, 11) is 0. The molecular weight excluding hydrogens is 152 g/mol. The van der Waals surface area contributed by atoms with Crippen molar-refractivity contribution in [2.24, 2.45) is 11.7 Å². The first kappa shape index (κ1) is 9.26. The Bertz CT molecular complexity index is 191. The van der Waals surface area contributed by atoms with Gasteiger partial charge < -0.3 is 10.6 Å². The van der Waals surface area contributed by atoms with Crippen LogP contribution in [0.5, 0.6) is 0 Å². The fraction of sp³-hybridized carbons (Fsp3) is 0.667. The molecule has 0 aliphatic carbocycles. The number of carbonyl (C=O) groups is 1. The van der Waals surface area contributed by atoms with Crippen molar-refractivity contribution in [3.8, 4) is 0 Å². The lowest BCUT2D eigenvalue weighted by Crippen LogP contribution is -2.47. The molecule has 68 valence electrons. The van der Waals surface area contributed by atoms with Crippen molar-refractivity contribution in [2.45, 2.75) is 19.4 Å². The van der Waals surface area contributed by atoms with Gasteiger partial charge in [0.1, 0.15) is 0 Å². The minimum atomic E-state index is 0.0220. The summed E-state index contributed by atoms with van der Waals surface area (Å²) in [5, 5.41) is 0. The summed E-state index contributed by atoms with van der Waals surface area (Å²) in [6.07, 6.45) is 2.27.